The average molecular weight is 418 g/mol. The van der Waals surface area contributed by atoms with E-state index in [0.717, 1.165) is 5.56 Å². The van der Waals surface area contributed by atoms with Gasteiger partial charge in [-0.1, -0.05) is 12.1 Å². The zero-order valence-electron chi connectivity index (χ0n) is 16.8. The first-order chi connectivity index (χ1) is 14.9. The van der Waals surface area contributed by atoms with Gasteiger partial charge in [0, 0.05) is 24.0 Å². The number of carbonyl (C=O) groups excluding carboxylic acids is 1. The second kappa shape index (κ2) is 6.49. The highest BCUT2D eigenvalue weighted by Crippen LogP contribution is 2.49. The lowest BCUT2D eigenvalue weighted by Crippen LogP contribution is -2.58. The molecule has 31 heavy (non-hydrogen) atoms. The van der Waals surface area contributed by atoms with E-state index in [0.29, 0.717) is 22.6 Å². The molecule has 1 aromatic heterocycles. The Hall–Kier alpha value is -4.01. The number of nitrogens with zero attached hydrogens (tertiary/aromatic N) is 4. The van der Waals surface area contributed by atoms with E-state index in [1.165, 1.54) is 16.7 Å². The number of aryl methyl sites for hydroxylation is 1. The number of hydrogen-bond acceptors (Lipinski definition) is 6. The molecule has 0 bridgehead atoms. The van der Waals surface area contributed by atoms with Crippen molar-refractivity contribution in [3.05, 3.63) is 58.4 Å². The number of aliphatic carboxylic acids is 1. The second-order valence-electron chi connectivity index (χ2n) is 7.55. The lowest BCUT2D eigenvalue weighted by atomic mass is 9.97. The van der Waals surface area contributed by atoms with Gasteiger partial charge in [-0.25, -0.2) is 9.48 Å². The minimum Gasteiger partial charge on any atom is -0.497 e. The topological polar surface area (TPSA) is 115 Å². The number of aromatic nitrogens is 3. The third-order valence-corrected chi connectivity index (χ3v) is 5.88. The number of anilines is 1. The molecule has 9 nitrogen and oxygen atoms in total. The number of ether oxygens (including phenoxy) is 1. The molecule has 1 fully saturated rings. The number of hydrogen-bond donors (Lipinski definition) is 1. The quantitative estimate of drug-likeness (QED) is 0.693. The van der Waals surface area contributed by atoms with Gasteiger partial charge in [-0.15, -0.1) is 0 Å². The van der Waals surface area contributed by atoms with Crippen molar-refractivity contribution in [1.29, 1.82) is 0 Å². The molecule has 156 valence electrons. The van der Waals surface area contributed by atoms with Crippen LogP contribution in [0.15, 0.2) is 47.3 Å². The molecule has 0 unspecified atom stereocenters. The van der Waals surface area contributed by atoms with E-state index in [4.69, 9.17) is 4.74 Å². The number of carboxylic acids is 1. The normalized spacial score (nSPS) is 18.9. The monoisotopic (exact) mass is 418 g/mol. The lowest BCUT2D eigenvalue weighted by Gasteiger charge is -2.41. The molecule has 1 atom stereocenters. The van der Waals surface area contributed by atoms with E-state index in [1.54, 1.807) is 49.4 Å². The summed E-state index contributed by atoms with van der Waals surface area (Å²) in [6.07, 6.45) is 0.0622. The Morgan fingerprint density at radius 2 is 1.90 bits per heavy atom. The lowest BCUT2D eigenvalue weighted by molar-refractivity contribution is -0.148. The van der Waals surface area contributed by atoms with Crippen molar-refractivity contribution in [3.63, 3.8) is 0 Å². The van der Waals surface area contributed by atoms with E-state index >= 15 is 0 Å². The standard InChI is InChI=1S/C22H18N4O5/c1-12-4-3-5-15-18(12)25-16(27)10-11-22(25,21(29)30)26-19(15)23-20(28)17(24-26)13-6-8-14(31-2)9-7-13/h3-9H,10-11H2,1-2H3,(H,29,30)/t22-/m1/s1. The summed E-state index contributed by atoms with van der Waals surface area (Å²) >= 11 is 0. The van der Waals surface area contributed by atoms with Crippen molar-refractivity contribution in [1.82, 2.24) is 14.8 Å². The first-order valence-electron chi connectivity index (χ1n) is 9.71. The van der Waals surface area contributed by atoms with Crippen molar-refractivity contribution in [3.8, 4) is 28.4 Å². The molecule has 0 spiro atoms. The van der Waals surface area contributed by atoms with E-state index in [-0.39, 0.29) is 30.3 Å². The van der Waals surface area contributed by atoms with Gasteiger partial charge < -0.3 is 9.84 Å². The fourth-order valence-corrected chi connectivity index (χ4v) is 4.40. The fourth-order valence-electron chi connectivity index (χ4n) is 4.40. The number of rotatable bonds is 3. The van der Waals surface area contributed by atoms with Crippen LogP contribution in [0.4, 0.5) is 5.69 Å². The fraction of sp³-hybridized carbons (Fsp3) is 0.227. The number of amides is 1. The highest BCUT2D eigenvalue weighted by molar-refractivity contribution is 6.08. The zero-order valence-corrected chi connectivity index (χ0v) is 16.8. The minimum absolute atomic E-state index is 0.00225. The molecular formula is C22H18N4O5. The predicted octanol–water partition coefficient (Wildman–Crippen LogP) is 2.17. The molecule has 2 aliphatic rings. The number of benzene rings is 2. The van der Waals surface area contributed by atoms with Crippen LogP contribution < -0.4 is 15.2 Å². The van der Waals surface area contributed by atoms with E-state index in [9.17, 15) is 19.5 Å². The van der Waals surface area contributed by atoms with Crippen molar-refractivity contribution in [2.45, 2.75) is 25.4 Å². The average Bonchev–Trinajstić information content (AvgIpc) is 3.12. The van der Waals surface area contributed by atoms with Gasteiger partial charge in [0.1, 0.15) is 5.75 Å². The van der Waals surface area contributed by atoms with Crippen LogP contribution in [-0.4, -0.2) is 38.9 Å². The molecule has 5 rings (SSSR count). The van der Waals surface area contributed by atoms with Crippen LogP contribution in [0.25, 0.3) is 22.6 Å². The molecule has 0 radical (unpaired) electrons. The van der Waals surface area contributed by atoms with Gasteiger partial charge in [-0.3, -0.25) is 14.5 Å². The first kappa shape index (κ1) is 19.0. The van der Waals surface area contributed by atoms with Crippen LogP contribution in [0.1, 0.15) is 18.4 Å². The molecule has 2 aromatic carbocycles. The third kappa shape index (κ3) is 2.46. The highest BCUT2D eigenvalue weighted by Gasteiger charge is 2.59. The maximum absolute atomic E-state index is 12.9. The van der Waals surface area contributed by atoms with Gasteiger partial charge in [0.05, 0.1) is 12.8 Å². The van der Waals surface area contributed by atoms with Crippen molar-refractivity contribution in [2.75, 3.05) is 12.0 Å². The summed E-state index contributed by atoms with van der Waals surface area (Å²) < 4.78 is 6.38. The molecule has 0 saturated carbocycles. The third-order valence-electron chi connectivity index (χ3n) is 5.88. The van der Waals surface area contributed by atoms with Gasteiger partial charge in [0.15, 0.2) is 11.5 Å². The number of carboxylic acid groups (broad SMARTS) is 1. The Balaban J connectivity index is 1.85. The largest absolute Gasteiger partial charge is 0.497 e. The summed E-state index contributed by atoms with van der Waals surface area (Å²) in [7, 11) is 1.53. The van der Waals surface area contributed by atoms with Crippen molar-refractivity contribution >= 4 is 17.6 Å². The number of carbonyl (C=O) groups is 2. The van der Waals surface area contributed by atoms with E-state index < -0.39 is 17.2 Å². The van der Waals surface area contributed by atoms with Gasteiger partial charge in [0.2, 0.25) is 11.6 Å². The molecule has 3 aromatic rings. The Kier molecular flexibility index (Phi) is 3.98. The zero-order chi connectivity index (χ0) is 21.9. The summed E-state index contributed by atoms with van der Waals surface area (Å²) in [6, 6.07) is 12.0. The number of fused-ring (bicyclic) bond motifs is 6. The summed E-state index contributed by atoms with van der Waals surface area (Å²) in [6.45, 7) is 1.80. The molecule has 9 heteroatoms. The molecule has 1 N–H and O–H groups in total. The first-order valence-corrected chi connectivity index (χ1v) is 9.71. The van der Waals surface area contributed by atoms with Crippen LogP contribution in [0.2, 0.25) is 0 Å². The Morgan fingerprint density at radius 1 is 1.16 bits per heavy atom. The summed E-state index contributed by atoms with van der Waals surface area (Å²) in [4.78, 5) is 43.9. The maximum Gasteiger partial charge on any atom is 0.353 e. The summed E-state index contributed by atoms with van der Waals surface area (Å²) in [5.74, 6) is -0.801. The van der Waals surface area contributed by atoms with Crippen LogP contribution in [0, 0.1) is 6.92 Å². The van der Waals surface area contributed by atoms with Crippen molar-refractivity contribution < 1.29 is 19.4 Å². The van der Waals surface area contributed by atoms with Crippen LogP contribution in [0.5, 0.6) is 5.75 Å². The van der Waals surface area contributed by atoms with Crippen LogP contribution >= 0.6 is 0 Å². The van der Waals surface area contributed by atoms with Gasteiger partial charge in [-0.2, -0.15) is 10.1 Å². The summed E-state index contributed by atoms with van der Waals surface area (Å²) in [5, 5.41) is 14.8. The van der Waals surface area contributed by atoms with Gasteiger partial charge in [-0.05, 0) is 42.8 Å². The molecule has 2 aliphatic heterocycles. The highest BCUT2D eigenvalue weighted by atomic mass is 16.5. The smallest absolute Gasteiger partial charge is 0.353 e. The SMILES string of the molecule is COc1ccc(-c2nn3c(nc2=O)-c2cccc(C)c2N2C(=O)CC[C@@]23C(=O)O)cc1. The Labute approximate surface area is 176 Å². The second-order valence-corrected chi connectivity index (χ2v) is 7.55. The van der Waals surface area contributed by atoms with Crippen LogP contribution in [-0.2, 0) is 15.3 Å². The van der Waals surface area contributed by atoms with Gasteiger partial charge >= 0.3 is 5.97 Å². The van der Waals surface area contributed by atoms with Crippen molar-refractivity contribution in [2.24, 2.45) is 0 Å². The van der Waals surface area contributed by atoms with E-state index in [1.807, 2.05) is 0 Å². The molecule has 1 saturated heterocycles. The maximum atomic E-state index is 12.9. The summed E-state index contributed by atoms with van der Waals surface area (Å²) in [5.41, 5.74) is -0.216. The Bertz CT molecular complexity index is 1310. The minimum atomic E-state index is -1.78. The Morgan fingerprint density at radius 3 is 2.58 bits per heavy atom. The van der Waals surface area contributed by atoms with Crippen LogP contribution in [0.3, 0.4) is 0 Å². The molecular weight excluding hydrogens is 400 g/mol. The predicted molar refractivity (Wildman–Crippen MR) is 111 cm³/mol. The molecule has 3 heterocycles. The van der Waals surface area contributed by atoms with Gasteiger partial charge in [0.25, 0.3) is 5.56 Å². The molecule has 0 aliphatic carbocycles. The number of methoxy groups -OCH3 is 1. The van der Waals surface area contributed by atoms with E-state index in [2.05, 4.69) is 10.1 Å². The number of para-hydroxylation sites is 1. The molecule has 1 amide bonds.